The number of aliphatic hydroxyl groups excluding tert-OH is 1. The Bertz CT molecular complexity index is 800. The average molecular weight is 460 g/mol. The second kappa shape index (κ2) is 9.95. The minimum Gasteiger partial charge on any atom is -0.393 e. The van der Waals surface area contributed by atoms with Crippen LogP contribution in [0.1, 0.15) is 52.7 Å². The summed E-state index contributed by atoms with van der Waals surface area (Å²) in [7, 11) is 0. The highest BCUT2D eigenvalue weighted by Crippen LogP contribution is 2.42. The summed E-state index contributed by atoms with van der Waals surface area (Å²) in [5, 5.41) is 11.8. The van der Waals surface area contributed by atoms with Gasteiger partial charge in [-0.25, -0.2) is 0 Å². The van der Waals surface area contributed by atoms with Gasteiger partial charge < -0.3 is 5.11 Å². The van der Waals surface area contributed by atoms with E-state index in [2.05, 4.69) is 0 Å². The monoisotopic (exact) mass is 458 g/mol. The molecule has 6 heteroatoms. The summed E-state index contributed by atoms with van der Waals surface area (Å²) in [6.07, 6.45) is 4.95. The Kier molecular flexibility index (Phi) is 7.86. The van der Waals surface area contributed by atoms with E-state index in [-0.39, 0.29) is 23.2 Å². The van der Waals surface area contributed by atoms with Gasteiger partial charge in [0.25, 0.3) is 0 Å². The topological polar surface area (TPSA) is 37.3 Å². The largest absolute Gasteiger partial charge is 0.393 e. The molecule has 0 radical (unpaired) electrons. The van der Waals surface area contributed by atoms with Crippen LogP contribution < -0.4 is 0 Å². The number of hydrogen-bond acceptors (Lipinski definition) is 3. The molecule has 0 spiro atoms. The van der Waals surface area contributed by atoms with Gasteiger partial charge in [0.2, 0.25) is 0 Å². The number of halogens is 3. The predicted octanol–water partition coefficient (Wildman–Crippen LogP) is 6.82. The molecular formula is C22H25Cl3O2S. The van der Waals surface area contributed by atoms with Gasteiger partial charge in [0.05, 0.1) is 11.0 Å². The van der Waals surface area contributed by atoms with Gasteiger partial charge >= 0.3 is 0 Å². The highest BCUT2D eigenvalue weighted by atomic mass is 35.5. The lowest BCUT2D eigenvalue weighted by Crippen LogP contribution is -2.21. The van der Waals surface area contributed by atoms with E-state index in [4.69, 9.17) is 34.8 Å². The summed E-state index contributed by atoms with van der Waals surface area (Å²) in [5.41, 5.74) is 1.09. The van der Waals surface area contributed by atoms with Crippen LogP contribution in [-0.2, 0) is 12.8 Å². The fourth-order valence-electron chi connectivity index (χ4n) is 4.24. The van der Waals surface area contributed by atoms with Crippen LogP contribution in [0, 0.1) is 11.8 Å². The standard InChI is InChI=1S/C22H25Cl3O2S/c1-13(26)22-8-6-17(28-22)3-2-4-18-19(21(27)12-20(18)25)7-5-14-9-15(23)11-16(24)10-14/h6,8-11,18-21,27H,2-5,7,12H2,1H3/t18-,19-,20-,21+/m1/s1. The first kappa shape index (κ1) is 22.1. The van der Waals surface area contributed by atoms with Crippen molar-refractivity contribution in [2.45, 2.75) is 56.9 Å². The molecule has 2 aromatic rings. The zero-order valence-electron chi connectivity index (χ0n) is 15.8. The van der Waals surface area contributed by atoms with Crippen molar-refractivity contribution >= 4 is 51.9 Å². The molecule has 4 atom stereocenters. The molecule has 1 aromatic carbocycles. The fraction of sp³-hybridized carbons (Fsp3) is 0.500. The molecule has 0 unspecified atom stereocenters. The van der Waals surface area contributed by atoms with Crippen LogP contribution >= 0.6 is 46.1 Å². The first-order valence-electron chi connectivity index (χ1n) is 9.70. The highest BCUT2D eigenvalue weighted by molar-refractivity contribution is 7.14. The molecule has 3 rings (SSSR count). The molecule has 1 aliphatic rings. The molecular weight excluding hydrogens is 435 g/mol. The predicted molar refractivity (Wildman–Crippen MR) is 119 cm³/mol. The van der Waals surface area contributed by atoms with Gasteiger partial charge in [-0.05, 0) is 93.2 Å². The van der Waals surface area contributed by atoms with Crippen molar-refractivity contribution < 1.29 is 9.90 Å². The lowest BCUT2D eigenvalue weighted by Gasteiger charge is -2.23. The highest BCUT2D eigenvalue weighted by Gasteiger charge is 2.40. The normalized spacial score (nSPS) is 24.6. The second-order valence-corrected chi connectivity index (χ2v) is 10.3. The number of hydrogen-bond donors (Lipinski definition) is 1. The van der Waals surface area contributed by atoms with E-state index in [1.54, 1.807) is 24.3 Å². The van der Waals surface area contributed by atoms with E-state index in [0.29, 0.717) is 22.4 Å². The van der Waals surface area contributed by atoms with Crippen LogP contribution in [-0.4, -0.2) is 22.4 Å². The molecule has 1 aliphatic carbocycles. The number of carbonyl (C=O) groups excluding carboxylic acids is 1. The Labute approximate surface area is 185 Å². The van der Waals surface area contributed by atoms with Crippen LogP contribution in [0.3, 0.4) is 0 Å². The quantitative estimate of drug-likeness (QED) is 0.347. The van der Waals surface area contributed by atoms with E-state index in [1.807, 2.05) is 24.3 Å². The van der Waals surface area contributed by atoms with Crippen LogP contribution in [0.15, 0.2) is 30.3 Å². The molecule has 1 saturated carbocycles. The molecule has 1 heterocycles. The summed E-state index contributed by atoms with van der Waals surface area (Å²) in [4.78, 5) is 13.5. The number of aryl methyl sites for hydroxylation is 2. The second-order valence-electron chi connectivity index (χ2n) is 7.68. The Morgan fingerprint density at radius 1 is 1.11 bits per heavy atom. The zero-order chi connectivity index (χ0) is 20.3. The Hall–Kier alpha value is -0.580. The van der Waals surface area contributed by atoms with Crippen molar-refractivity contribution in [2.75, 3.05) is 0 Å². The maximum Gasteiger partial charge on any atom is 0.169 e. The van der Waals surface area contributed by atoms with Crippen LogP contribution in [0.4, 0.5) is 0 Å². The molecule has 152 valence electrons. The van der Waals surface area contributed by atoms with Crippen LogP contribution in [0.5, 0.6) is 0 Å². The van der Waals surface area contributed by atoms with Gasteiger partial charge in [0, 0.05) is 20.3 Å². The minimum absolute atomic E-state index is 0.0130. The fourth-order valence-corrected chi connectivity index (χ4v) is 6.25. The maximum absolute atomic E-state index is 11.4. The van der Waals surface area contributed by atoms with Crippen molar-refractivity contribution in [3.05, 3.63) is 55.7 Å². The molecule has 28 heavy (non-hydrogen) atoms. The molecule has 1 N–H and O–H groups in total. The molecule has 0 saturated heterocycles. The Morgan fingerprint density at radius 2 is 1.82 bits per heavy atom. The Morgan fingerprint density at radius 3 is 2.46 bits per heavy atom. The number of ketones is 1. The first-order valence-corrected chi connectivity index (χ1v) is 11.7. The lowest BCUT2D eigenvalue weighted by molar-refractivity contribution is 0.102. The van der Waals surface area contributed by atoms with Crippen molar-refractivity contribution in [1.29, 1.82) is 0 Å². The number of carbonyl (C=O) groups is 1. The third-order valence-electron chi connectivity index (χ3n) is 5.63. The number of rotatable bonds is 8. The summed E-state index contributed by atoms with van der Waals surface area (Å²) in [6, 6.07) is 9.56. The van der Waals surface area contributed by atoms with Crippen molar-refractivity contribution in [1.82, 2.24) is 0 Å². The van der Waals surface area contributed by atoms with Gasteiger partial charge in [-0.2, -0.15) is 0 Å². The van der Waals surface area contributed by atoms with Gasteiger partial charge in [0.15, 0.2) is 5.78 Å². The van der Waals surface area contributed by atoms with Crippen molar-refractivity contribution in [3.63, 3.8) is 0 Å². The van der Waals surface area contributed by atoms with Gasteiger partial charge in [-0.3, -0.25) is 4.79 Å². The maximum atomic E-state index is 11.4. The number of alkyl halides is 1. The van der Waals surface area contributed by atoms with Crippen LogP contribution in [0.25, 0.3) is 0 Å². The van der Waals surface area contributed by atoms with Crippen molar-refractivity contribution in [3.8, 4) is 0 Å². The summed E-state index contributed by atoms with van der Waals surface area (Å²) < 4.78 is 0. The molecule has 2 nitrogen and oxygen atoms in total. The smallest absolute Gasteiger partial charge is 0.169 e. The number of thiophene rings is 1. The summed E-state index contributed by atoms with van der Waals surface area (Å²) in [6.45, 7) is 1.60. The minimum atomic E-state index is -0.354. The van der Waals surface area contributed by atoms with E-state index in [1.165, 1.54) is 4.88 Å². The molecule has 0 bridgehead atoms. The van der Waals surface area contributed by atoms with Gasteiger partial charge in [-0.15, -0.1) is 22.9 Å². The zero-order valence-corrected chi connectivity index (χ0v) is 18.9. The van der Waals surface area contributed by atoms with Crippen molar-refractivity contribution in [2.24, 2.45) is 11.8 Å². The Balaban J connectivity index is 1.56. The van der Waals surface area contributed by atoms with E-state index < -0.39 is 0 Å². The van der Waals surface area contributed by atoms with Gasteiger partial charge in [-0.1, -0.05) is 23.2 Å². The third-order valence-corrected chi connectivity index (χ3v) is 7.82. The molecule has 1 aromatic heterocycles. The van der Waals surface area contributed by atoms with Gasteiger partial charge in [0.1, 0.15) is 0 Å². The number of aliphatic hydroxyl groups is 1. The van der Waals surface area contributed by atoms with E-state index in [0.717, 1.165) is 42.5 Å². The molecule has 0 aliphatic heterocycles. The number of benzene rings is 1. The average Bonchev–Trinajstić information content (AvgIpc) is 3.18. The summed E-state index contributed by atoms with van der Waals surface area (Å²) >= 11 is 20.4. The van der Waals surface area contributed by atoms with E-state index >= 15 is 0 Å². The molecule has 1 fully saturated rings. The summed E-state index contributed by atoms with van der Waals surface area (Å²) in [5.74, 6) is 0.618. The molecule has 0 amide bonds. The lowest BCUT2D eigenvalue weighted by atomic mass is 9.85. The number of Topliss-reactive ketones (excluding diaryl/α,β-unsaturated/α-hetero) is 1. The SMILES string of the molecule is CC(=O)c1ccc(CCC[C@@H]2[C@@H](CCc3cc(Cl)cc(Cl)c3)[C@@H](O)C[C@H]2Cl)s1. The third kappa shape index (κ3) is 5.73. The van der Waals surface area contributed by atoms with Crippen LogP contribution in [0.2, 0.25) is 10.0 Å². The van der Waals surface area contributed by atoms with E-state index in [9.17, 15) is 9.90 Å². The first-order chi connectivity index (χ1) is 13.3.